The molecule has 0 aromatic carbocycles. The van der Waals surface area contributed by atoms with Gasteiger partial charge in [0.2, 0.25) is 0 Å². The minimum atomic E-state index is -4.07. The van der Waals surface area contributed by atoms with Crippen molar-refractivity contribution in [1.29, 1.82) is 0 Å². The molecule has 0 aliphatic carbocycles. The molecule has 12 heteroatoms. The largest absolute Gasteiger partial charge is 0.477 e. The monoisotopic (exact) mass is 392 g/mol. The average Bonchev–Trinajstić information content (AvgIpc) is 2.56. The van der Waals surface area contributed by atoms with Crippen LogP contribution in [0.1, 0.15) is 20.3 Å². The third-order valence-electron chi connectivity index (χ3n) is 2.00. The van der Waals surface area contributed by atoms with E-state index in [0.29, 0.717) is 6.42 Å². The lowest BCUT2D eigenvalue weighted by Crippen LogP contribution is -2.09. The van der Waals surface area contributed by atoms with Crippen molar-refractivity contribution in [1.82, 2.24) is 0 Å². The summed E-state index contributed by atoms with van der Waals surface area (Å²) in [6.45, 7) is 1.01. The van der Waals surface area contributed by atoms with Crippen molar-refractivity contribution in [3.63, 3.8) is 0 Å². The molecule has 0 rings (SSSR count). The molecule has 2 atom stereocenters. The number of rotatable bonds is 16. The molecule has 0 aromatic heterocycles. The zero-order chi connectivity index (χ0) is 18.3. The van der Waals surface area contributed by atoms with Gasteiger partial charge in [-0.2, -0.15) is 0 Å². The summed E-state index contributed by atoms with van der Waals surface area (Å²) in [6, 6.07) is 0. The number of phosphoric ester groups is 2. The SMILES string of the molecule is C#CCOP(=O)(OCCOP(=O)(OCC)OCCC)OCOCF. The zero-order valence-electron chi connectivity index (χ0n) is 13.7. The minimum absolute atomic E-state index is 0.120. The Labute approximate surface area is 141 Å². The van der Waals surface area contributed by atoms with Gasteiger partial charge in [-0.1, -0.05) is 12.8 Å². The van der Waals surface area contributed by atoms with Crippen molar-refractivity contribution in [2.24, 2.45) is 0 Å². The number of hydrogen-bond acceptors (Lipinski definition) is 9. The van der Waals surface area contributed by atoms with Gasteiger partial charge < -0.3 is 4.74 Å². The predicted octanol–water partition coefficient (Wildman–Crippen LogP) is 3.27. The van der Waals surface area contributed by atoms with Crippen LogP contribution in [0.25, 0.3) is 0 Å². The van der Waals surface area contributed by atoms with Crippen LogP contribution >= 0.6 is 15.6 Å². The first-order valence-corrected chi connectivity index (χ1v) is 10.0. The van der Waals surface area contributed by atoms with Crippen LogP contribution in [0.3, 0.4) is 0 Å². The first-order valence-electron chi connectivity index (χ1n) is 7.09. The van der Waals surface area contributed by atoms with Crippen LogP contribution in [0.5, 0.6) is 0 Å². The van der Waals surface area contributed by atoms with Gasteiger partial charge in [0.25, 0.3) is 0 Å². The Morgan fingerprint density at radius 1 is 0.917 bits per heavy atom. The van der Waals surface area contributed by atoms with Gasteiger partial charge in [-0.3, -0.25) is 27.1 Å². The Morgan fingerprint density at radius 2 is 1.50 bits per heavy atom. The molecular weight excluding hydrogens is 369 g/mol. The van der Waals surface area contributed by atoms with Crippen molar-refractivity contribution < 1.29 is 45.4 Å². The summed E-state index contributed by atoms with van der Waals surface area (Å²) in [4.78, 5) is 0. The van der Waals surface area contributed by atoms with E-state index < -0.39 is 29.3 Å². The summed E-state index contributed by atoms with van der Waals surface area (Å²) in [6.07, 6.45) is 5.61. The van der Waals surface area contributed by atoms with Gasteiger partial charge in [0.15, 0.2) is 13.7 Å². The summed E-state index contributed by atoms with van der Waals surface area (Å²) in [5.74, 6) is 2.08. The Morgan fingerprint density at radius 3 is 2.00 bits per heavy atom. The van der Waals surface area contributed by atoms with Gasteiger partial charge in [0, 0.05) is 0 Å². The second-order valence-electron chi connectivity index (χ2n) is 3.85. The lowest BCUT2D eigenvalue weighted by molar-refractivity contribution is -0.0477. The van der Waals surface area contributed by atoms with Gasteiger partial charge >= 0.3 is 15.6 Å². The lowest BCUT2D eigenvalue weighted by Gasteiger charge is -2.19. The van der Waals surface area contributed by atoms with Gasteiger partial charge in [0.05, 0.1) is 26.4 Å². The van der Waals surface area contributed by atoms with E-state index in [9.17, 15) is 13.5 Å². The zero-order valence-corrected chi connectivity index (χ0v) is 15.5. The fraction of sp³-hybridized carbons (Fsp3) is 0.833. The maximum absolute atomic E-state index is 12.1. The topological polar surface area (TPSA) is 98.8 Å². The van der Waals surface area contributed by atoms with E-state index in [2.05, 4.69) is 15.2 Å². The molecule has 0 radical (unpaired) electrons. The van der Waals surface area contributed by atoms with E-state index in [1.165, 1.54) is 0 Å². The Kier molecular flexibility index (Phi) is 13.7. The third-order valence-corrected chi connectivity index (χ3v) is 4.94. The van der Waals surface area contributed by atoms with Crippen LogP contribution in [0.4, 0.5) is 4.39 Å². The molecule has 0 bridgehead atoms. The van der Waals surface area contributed by atoms with Crippen LogP contribution < -0.4 is 0 Å². The van der Waals surface area contributed by atoms with Crippen LogP contribution in [0, 0.1) is 12.3 Å². The Bertz CT molecular complexity index is 454. The standard InChI is InChI=1S/C12H23FO9P2/c1-4-7-18-23(14,17-6-3)20-9-10-21-24(15,19-8-5-2)22-12-16-11-13/h2H,4,6-12H2,1,3H3. The van der Waals surface area contributed by atoms with Crippen molar-refractivity contribution in [2.45, 2.75) is 20.3 Å². The van der Waals surface area contributed by atoms with Crippen molar-refractivity contribution in [3.05, 3.63) is 0 Å². The average molecular weight is 392 g/mol. The molecule has 142 valence electrons. The predicted molar refractivity (Wildman–Crippen MR) is 82.8 cm³/mol. The molecule has 0 fully saturated rings. The lowest BCUT2D eigenvalue weighted by atomic mass is 10.5. The van der Waals surface area contributed by atoms with Crippen LogP contribution in [-0.2, 0) is 41.0 Å². The van der Waals surface area contributed by atoms with Gasteiger partial charge in [-0.15, -0.1) is 6.42 Å². The molecule has 0 aliphatic heterocycles. The molecule has 9 nitrogen and oxygen atoms in total. The highest BCUT2D eigenvalue weighted by atomic mass is 31.2. The van der Waals surface area contributed by atoms with Gasteiger partial charge in [-0.25, -0.2) is 13.5 Å². The molecule has 0 saturated heterocycles. The van der Waals surface area contributed by atoms with Crippen molar-refractivity contribution >= 4 is 15.6 Å². The second kappa shape index (κ2) is 13.9. The highest BCUT2D eigenvalue weighted by molar-refractivity contribution is 7.48. The molecule has 24 heavy (non-hydrogen) atoms. The molecule has 0 spiro atoms. The van der Waals surface area contributed by atoms with Crippen LogP contribution in [-0.4, -0.2) is 46.7 Å². The fourth-order valence-electron chi connectivity index (χ4n) is 1.13. The molecule has 2 unspecified atom stereocenters. The first-order chi connectivity index (χ1) is 11.4. The Hall–Kier alpha value is -0.330. The molecule has 0 heterocycles. The maximum Gasteiger partial charge on any atom is 0.477 e. The van der Waals surface area contributed by atoms with E-state index in [0.717, 1.165) is 0 Å². The minimum Gasteiger partial charge on any atom is -0.324 e. The Balaban J connectivity index is 4.39. The first kappa shape index (κ1) is 23.7. The molecule has 0 saturated carbocycles. The van der Waals surface area contributed by atoms with Crippen molar-refractivity contribution in [3.8, 4) is 12.3 Å². The molecule has 0 aromatic rings. The van der Waals surface area contributed by atoms with Gasteiger partial charge in [-0.05, 0) is 13.3 Å². The third kappa shape index (κ3) is 11.3. The van der Waals surface area contributed by atoms with E-state index in [1.807, 2.05) is 6.92 Å². The van der Waals surface area contributed by atoms with E-state index in [4.69, 9.17) is 29.0 Å². The normalized spacial score (nSPS) is 16.2. The number of hydrogen-bond donors (Lipinski definition) is 0. The molecule has 0 amide bonds. The number of ether oxygens (including phenoxy) is 1. The smallest absolute Gasteiger partial charge is 0.324 e. The number of terminal acetylenes is 1. The summed E-state index contributed by atoms with van der Waals surface area (Å²) < 4.78 is 69.7. The van der Waals surface area contributed by atoms with Crippen molar-refractivity contribution in [2.75, 3.05) is 46.7 Å². The molecular formula is C12H23FO9P2. The second-order valence-corrected chi connectivity index (χ2v) is 7.19. The fourth-order valence-corrected chi connectivity index (χ4v) is 3.33. The molecule has 0 N–H and O–H groups in total. The maximum atomic E-state index is 12.1. The summed E-state index contributed by atoms with van der Waals surface area (Å²) >= 11 is 0. The summed E-state index contributed by atoms with van der Waals surface area (Å²) in [5.41, 5.74) is 0. The molecule has 0 aliphatic rings. The van der Waals surface area contributed by atoms with Gasteiger partial charge in [0.1, 0.15) is 6.61 Å². The number of alkyl halides is 1. The van der Waals surface area contributed by atoms with Crippen LogP contribution in [0.15, 0.2) is 0 Å². The summed E-state index contributed by atoms with van der Waals surface area (Å²) in [7, 11) is -7.79. The van der Waals surface area contributed by atoms with E-state index >= 15 is 0 Å². The van der Waals surface area contributed by atoms with Crippen LogP contribution in [0.2, 0.25) is 0 Å². The highest BCUT2D eigenvalue weighted by Crippen LogP contribution is 2.51. The summed E-state index contributed by atoms with van der Waals surface area (Å²) in [5, 5.41) is 0. The number of phosphoric acid groups is 2. The van der Waals surface area contributed by atoms with E-state index in [1.54, 1.807) is 6.92 Å². The highest BCUT2D eigenvalue weighted by Gasteiger charge is 2.29. The number of halogens is 1. The quantitative estimate of drug-likeness (QED) is 0.170. The van der Waals surface area contributed by atoms with E-state index in [-0.39, 0.29) is 33.0 Å².